The third-order valence-electron chi connectivity index (χ3n) is 4.38. The van der Waals surface area contributed by atoms with E-state index in [9.17, 15) is 19.7 Å². The zero-order chi connectivity index (χ0) is 18.9. The van der Waals surface area contributed by atoms with E-state index in [0.29, 0.717) is 10.7 Å². The Morgan fingerprint density at radius 3 is 2.31 bits per heavy atom. The van der Waals surface area contributed by atoms with Crippen LogP contribution in [0.25, 0.3) is 0 Å². The second-order valence-corrected chi connectivity index (χ2v) is 7.00. The molecule has 1 aliphatic carbocycles. The molecule has 0 aromatic heterocycles. The summed E-state index contributed by atoms with van der Waals surface area (Å²) in [5, 5.41) is 13.9. The number of nitrogens with zero attached hydrogens (tertiary/aromatic N) is 1. The van der Waals surface area contributed by atoms with Gasteiger partial charge in [-0.2, -0.15) is 0 Å². The number of halogens is 2. The number of nitro groups is 1. The highest BCUT2D eigenvalue weighted by molar-refractivity contribution is 6.34. The normalized spacial score (nSPS) is 14.5. The minimum atomic E-state index is -0.828. The molecule has 1 aliphatic rings. The Balaban J connectivity index is 1.76. The van der Waals surface area contributed by atoms with Crippen molar-refractivity contribution >= 4 is 40.6 Å². The summed E-state index contributed by atoms with van der Waals surface area (Å²) in [5.41, 5.74) is 0.790. The zero-order valence-electron chi connectivity index (χ0n) is 13.5. The smallest absolute Gasteiger partial charge is 0.265 e. The first kappa shape index (κ1) is 18.4. The van der Waals surface area contributed by atoms with Crippen molar-refractivity contribution in [2.75, 3.05) is 11.9 Å². The van der Waals surface area contributed by atoms with Crippen molar-refractivity contribution in [3.63, 3.8) is 0 Å². The third-order valence-corrected chi connectivity index (χ3v) is 4.95. The molecule has 6 nitrogen and oxygen atoms in total. The summed E-state index contributed by atoms with van der Waals surface area (Å²) in [6, 6.07) is 11.5. The number of anilines is 1. The lowest BCUT2D eigenvalue weighted by molar-refractivity contribution is -0.465. The van der Waals surface area contributed by atoms with Crippen LogP contribution in [0.15, 0.2) is 42.5 Å². The van der Waals surface area contributed by atoms with Crippen LogP contribution in [0, 0.1) is 10.1 Å². The summed E-state index contributed by atoms with van der Waals surface area (Å²) < 4.78 is 0. The van der Waals surface area contributed by atoms with Gasteiger partial charge in [-0.1, -0.05) is 35.3 Å². The Bertz CT molecular complexity index is 893. The predicted molar refractivity (Wildman–Crippen MR) is 98.6 cm³/mol. The maximum Gasteiger partial charge on any atom is 0.265 e. The van der Waals surface area contributed by atoms with Crippen LogP contribution in [-0.4, -0.2) is 23.2 Å². The highest BCUT2D eigenvalue weighted by atomic mass is 35.5. The largest absolute Gasteiger partial charge is 0.325 e. The van der Waals surface area contributed by atoms with Gasteiger partial charge in [-0.05, 0) is 48.7 Å². The molecule has 0 atom stereocenters. The number of carbonyl (C=O) groups is 2. The molecule has 1 N–H and O–H groups in total. The lowest BCUT2D eigenvalue weighted by atomic mass is 9.95. The number of Topliss-reactive ketones (excluding diaryl/α,β-unsaturated/α-hetero) is 1. The molecule has 0 spiro atoms. The van der Waals surface area contributed by atoms with Gasteiger partial charge in [-0.15, -0.1) is 0 Å². The Morgan fingerprint density at radius 1 is 1.12 bits per heavy atom. The van der Waals surface area contributed by atoms with Crippen LogP contribution in [-0.2, 0) is 10.2 Å². The summed E-state index contributed by atoms with van der Waals surface area (Å²) in [5.74, 6) is -0.849. The fourth-order valence-corrected chi connectivity index (χ4v) is 3.22. The van der Waals surface area contributed by atoms with Crippen LogP contribution in [0.4, 0.5) is 5.69 Å². The molecule has 0 saturated heterocycles. The number of amides is 1. The van der Waals surface area contributed by atoms with Gasteiger partial charge in [0.1, 0.15) is 0 Å². The monoisotopic (exact) mass is 392 g/mol. The van der Waals surface area contributed by atoms with Gasteiger partial charge in [-0.3, -0.25) is 19.7 Å². The number of benzene rings is 2. The van der Waals surface area contributed by atoms with Crippen LogP contribution in [0.2, 0.25) is 10.0 Å². The molecule has 134 valence electrons. The van der Waals surface area contributed by atoms with Crippen molar-refractivity contribution in [1.29, 1.82) is 0 Å². The van der Waals surface area contributed by atoms with Crippen LogP contribution in [0.3, 0.4) is 0 Å². The predicted octanol–water partition coefficient (Wildman–Crippen LogP) is 4.12. The first-order valence-corrected chi connectivity index (χ1v) is 8.59. The molecule has 0 radical (unpaired) electrons. The summed E-state index contributed by atoms with van der Waals surface area (Å²) in [6.45, 7) is -0.828. The molecule has 8 heteroatoms. The Labute approximate surface area is 159 Å². The quantitative estimate of drug-likeness (QED) is 0.454. The molecular formula is C18H14Cl2N2O4. The van der Waals surface area contributed by atoms with Crippen molar-refractivity contribution in [1.82, 2.24) is 0 Å². The molecular weight excluding hydrogens is 379 g/mol. The number of carbonyl (C=O) groups excluding carboxylic acids is 2. The molecule has 3 rings (SSSR count). The number of nitrogens with one attached hydrogen (secondary N) is 1. The zero-order valence-corrected chi connectivity index (χ0v) is 15.0. The van der Waals surface area contributed by atoms with Gasteiger partial charge >= 0.3 is 0 Å². The average Bonchev–Trinajstić information content (AvgIpc) is 3.36. The second kappa shape index (κ2) is 7.05. The molecule has 2 aromatic carbocycles. The van der Waals surface area contributed by atoms with E-state index >= 15 is 0 Å². The highest BCUT2D eigenvalue weighted by Crippen LogP contribution is 2.49. The number of hydrogen-bond donors (Lipinski definition) is 1. The molecule has 1 saturated carbocycles. The van der Waals surface area contributed by atoms with E-state index in [-0.39, 0.29) is 16.5 Å². The lowest BCUT2D eigenvalue weighted by Gasteiger charge is -2.16. The Morgan fingerprint density at radius 2 is 1.77 bits per heavy atom. The summed E-state index contributed by atoms with van der Waals surface area (Å²) in [7, 11) is 0. The fraction of sp³-hybridized carbons (Fsp3) is 0.222. The van der Waals surface area contributed by atoms with Gasteiger partial charge in [0.05, 0.1) is 10.4 Å². The van der Waals surface area contributed by atoms with Crippen LogP contribution >= 0.6 is 23.2 Å². The van der Waals surface area contributed by atoms with Gasteiger partial charge in [0.15, 0.2) is 0 Å². The van der Waals surface area contributed by atoms with E-state index in [0.717, 1.165) is 18.4 Å². The number of hydrogen-bond acceptors (Lipinski definition) is 4. The summed E-state index contributed by atoms with van der Waals surface area (Å²) in [4.78, 5) is 34.2. The van der Waals surface area contributed by atoms with Gasteiger partial charge in [0, 0.05) is 21.2 Å². The molecule has 26 heavy (non-hydrogen) atoms. The summed E-state index contributed by atoms with van der Waals surface area (Å²) >= 11 is 11.9. The van der Waals surface area contributed by atoms with Crippen molar-refractivity contribution in [3.05, 3.63) is 73.8 Å². The molecule has 2 aromatic rings. The van der Waals surface area contributed by atoms with E-state index in [1.54, 1.807) is 12.1 Å². The van der Waals surface area contributed by atoms with Gasteiger partial charge in [0.2, 0.25) is 11.7 Å². The maximum atomic E-state index is 12.7. The van der Waals surface area contributed by atoms with Crippen molar-refractivity contribution < 1.29 is 14.5 Å². The van der Waals surface area contributed by atoms with Crippen molar-refractivity contribution in [2.24, 2.45) is 0 Å². The van der Waals surface area contributed by atoms with Gasteiger partial charge in [-0.25, -0.2) is 0 Å². The topological polar surface area (TPSA) is 89.3 Å². The first-order valence-electron chi connectivity index (χ1n) is 7.84. The molecule has 0 aliphatic heterocycles. The maximum absolute atomic E-state index is 12.7. The highest BCUT2D eigenvalue weighted by Gasteiger charge is 2.51. The first-order chi connectivity index (χ1) is 12.3. The minimum Gasteiger partial charge on any atom is -0.325 e. The molecule has 0 unspecified atom stereocenters. The standard InChI is InChI=1S/C18H14Cl2N2O4/c19-12-3-1-11(2-4-12)18(7-8-18)17(24)21-13-5-6-14(15(20)9-13)16(23)10-22(25)26/h1-6,9H,7-8,10H2,(H,21,24). The SMILES string of the molecule is O=C(C[N+](=O)[O-])c1ccc(NC(=O)C2(c3ccc(Cl)cc3)CC2)cc1Cl. The molecule has 0 heterocycles. The van der Waals surface area contributed by atoms with Crippen LogP contribution < -0.4 is 5.32 Å². The van der Waals surface area contributed by atoms with E-state index in [2.05, 4.69) is 5.32 Å². The minimum absolute atomic E-state index is 0.0557. The third kappa shape index (κ3) is 3.71. The molecule has 1 fully saturated rings. The molecule has 1 amide bonds. The number of ketones is 1. The van der Waals surface area contributed by atoms with Crippen molar-refractivity contribution in [3.8, 4) is 0 Å². The fourth-order valence-electron chi connectivity index (χ4n) is 2.81. The Hall–Kier alpha value is -2.44. The van der Waals surface area contributed by atoms with Crippen LogP contribution in [0.5, 0.6) is 0 Å². The van der Waals surface area contributed by atoms with Crippen LogP contribution in [0.1, 0.15) is 28.8 Å². The average molecular weight is 393 g/mol. The number of rotatable bonds is 6. The van der Waals surface area contributed by atoms with E-state index in [4.69, 9.17) is 23.2 Å². The second-order valence-electron chi connectivity index (χ2n) is 6.15. The summed E-state index contributed by atoms with van der Waals surface area (Å²) in [6.07, 6.45) is 1.46. The molecule has 0 bridgehead atoms. The van der Waals surface area contributed by atoms with E-state index < -0.39 is 22.7 Å². The van der Waals surface area contributed by atoms with Crippen molar-refractivity contribution in [2.45, 2.75) is 18.3 Å². The van der Waals surface area contributed by atoms with Gasteiger partial charge in [0.25, 0.3) is 6.54 Å². The van der Waals surface area contributed by atoms with E-state index in [1.165, 1.54) is 18.2 Å². The van der Waals surface area contributed by atoms with Gasteiger partial charge < -0.3 is 5.32 Å². The lowest BCUT2D eigenvalue weighted by Crippen LogP contribution is -2.27. The van der Waals surface area contributed by atoms with E-state index in [1.807, 2.05) is 12.1 Å². The Kier molecular flexibility index (Phi) is 4.98.